The van der Waals surface area contributed by atoms with Gasteiger partial charge in [0.1, 0.15) is 0 Å². The van der Waals surface area contributed by atoms with E-state index in [1.807, 2.05) is 25.1 Å². The molecule has 0 heterocycles. The Hall–Kier alpha value is -1.29. The number of anilines is 1. The maximum absolute atomic E-state index is 10.8. The van der Waals surface area contributed by atoms with Crippen LogP contribution in [0.1, 0.15) is 5.56 Å². The number of rotatable bonds is 3. The van der Waals surface area contributed by atoms with E-state index in [-0.39, 0.29) is 5.97 Å². The van der Waals surface area contributed by atoms with E-state index in [9.17, 15) is 4.79 Å². The van der Waals surface area contributed by atoms with Crippen LogP contribution in [-0.2, 0) is 9.53 Å². The van der Waals surface area contributed by atoms with Crippen LogP contribution >= 0.6 is 15.9 Å². The number of carbonyl (C=O) groups excluding carboxylic acids is 1. The predicted octanol–water partition coefficient (Wildman–Crippen LogP) is 2.86. The molecule has 0 aliphatic rings. The summed E-state index contributed by atoms with van der Waals surface area (Å²) in [5.41, 5.74) is 2.06. The van der Waals surface area contributed by atoms with Gasteiger partial charge >= 0.3 is 5.97 Å². The molecule has 0 unspecified atom stereocenters. The van der Waals surface area contributed by atoms with Gasteiger partial charge in [0.05, 0.1) is 12.8 Å². The van der Waals surface area contributed by atoms with Crippen molar-refractivity contribution in [3.8, 4) is 0 Å². The fourth-order valence-electron chi connectivity index (χ4n) is 1.02. The fourth-order valence-corrected chi connectivity index (χ4v) is 1.38. The summed E-state index contributed by atoms with van der Waals surface area (Å²) in [5, 5.41) is 2.99. The third kappa shape index (κ3) is 3.75. The second-order valence-electron chi connectivity index (χ2n) is 2.98. The highest BCUT2D eigenvalue weighted by atomic mass is 79.9. The summed E-state index contributed by atoms with van der Waals surface area (Å²) in [7, 11) is 1.34. The maximum Gasteiger partial charge on any atom is 0.331 e. The van der Waals surface area contributed by atoms with Gasteiger partial charge in [0.15, 0.2) is 0 Å². The molecule has 0 aromatic heterocycles. The van der Waals surface area contributed by atoms with Gasteiger partial charge in [0.25, 0.3) is 0 Å². The number of hydrogen-bond donors (Lipinski definition) is 1. The molecule has 3 nitrogen and oxygen atoms in total. The minimum atomic E-state index is -0.383. The molecule has 1 aromatic rings. The Morgan fingerprint density at radius 1 is 1.53 bits per heavy atom. The normalized spacial score (nSPS) is 10.3. The largest absolute Gasteiger partial charge is 0.466 e. The van der Waals surface area contributed by atoms with Crippen molar-refractivity contribution in [2.75, 3.05) is 12.4 Å². The molecule has 15 heavy (non-hydrogen) atoms. The van der Waals surface area contributed by atoms with Crippen molar-refractivity contribution in [2.24, 2.45) is 0 Å². The molecule has 0 saturated carbocycles. The van der Waals surface area contributed by atoms with E-state index in [0.717, 1.165) is 15.7 Å². The van der Waals surface area contributed by atoms with Crippen LogP contribution in [0.15, 0.2) is 34.9 Å². The molecule has 0 spiro atoms. The van der Waals surface area contributed by atoms with E-state index >= 15 is 0 Å². The Kier molecular flexibility index (Phi) is 4.37. The van der Waals surface area contributed by atoms with Crippen LogP contribution in [0.4, 0.5) is 5.69 Å². The monoisotopic (exact) mass is 269 g/mol. The van der Waals surface area contributed by atoms with Gasteiger partial charge in [-0.15, -0.1) is 0 Å². The van der Waals surface area contributed by atoms with Gasteiger partial charge in [0.2, 0.25) is 0 Å². The van der Waals surface area contributed by atoms with Gasteiger partial charge in [-0.1, -0.05) is 6.07 Å². The summed E-state index contributed by atoms with van der Waals surface area (Å²) in [6.45, 7) is 2.00. The molecule has 0 amide bonds. The van der Waals surface area contributed by atoms with E-state index in [0.29, 0.717) is 0 Å². The van der Waals surface area contributed by atoms with Crippen LogP contribution in [0.3, 0.4) is 0 Å². The number of carbonyl (C=O) groups is 1. The van der Waals surface area contributed by atoms with Crippen molar-refractivity contribution in [1.82, 2.24) is 0 Å². The number of hydrogen-bond acceptors (Lipinski definition) is 3. The van der Waals surface area contributed by atoms with Crippen LogP contribution in [-0.4, -0.2) is 13.1 Å². The number of benzene rings is 1. The second-order valence-corrected chi connectivity index (χ2v) is 3.84. The summed E-state index contributed by atoms with van der Waals surface area (Å²) in [6.07, 6.45) is 2.88. The van der Waals surface area contributed by atoms with Crippen molar-refractivity contribution in [3.05, 3.63) is 40.5 Å². The molecule has 0 aliphatic carbocycles. The molecule has 0 bridgehead atoms. The maximum atomic E-state index is 10.8. The smallest absolute Gasteiger partial charge is 0.331 e. The molecular weight excluding hydrogens is 258 g/mol. The lowest BCUT2D eigenvalue weighted by atomic mass is 10.2. The highest BCUT2D eigenvalue weighted by Crippen LogP contribution is 2.23. The number of nitrogens with one attached hydrogen (secondary N) is 1. The van der Waals surface area contributed by atoms with Gasteiger partial charge in [-0.2, -0.15) is 0 Å². The number of esters is 1. The van der Waals surface area contributed by atoms with Gasteiger partial charge in [-0.3, -0.25) is 0 Å². The van der Waals surface area contributed by atoms with Crippen molar-refractivity contribution in [1.29, 1.82) is 0 Å². The molecule has 80 valence electrons. The zero-order valence-corrected chi connectivity index (χ0v) is 10.2. The number of methoxy groups -OCH3 is 1. The van der Waals surface area contributed by atoms with Crippen molar-refractivity contribution in [3.63, 3.8) is 0 Å². The SMILES string of the molecule is COC(=O)/C=C/Nc1cc(C)ccc1Br. The molecule has 1 rings (SSSR count). The molecular formula is C11H12BrNO2. The minimum absolute atomic E-state index is 0.383. The molecule has 0 aliphatic heterocycles. The van der Waals surface area contributed by atoms with Crippen LogP contribution < -0.4 is 5.32 Å². The van der Waals surface area contributed by atoms with Crippen LogP contribution in [0.5, 0.6) is 0 Å². The topological polar surface area (TPSA) is 38.3 Å². The fraction of sp³-hybridized carbons (Fsp3) is 0.182. The van der Waals surface area contributed by atoms with Crippen LogP contribution in [0.2, 0.25) is 0 Å². The lowest BCUT2D eigenvalue weighted by molar-refractivity contribution is -0.134. The van der Waals surface area contributed by atoms with Crippen molar-refractivity contribution < 1.29 is 9.53 Å². The highest BCUT2D eigenvalue weighted by molar-refractivity contribution is 9.10. The zero-order chi connectivity index (χ0) is 11.3. The van der Waals surface area contributed by atoms with E-state index < -0.39 is 0 Å². The Morgan fingerprint density at radius 2 is 2.27 bits per heavy atom. The van der Waals surface area contributed by atoms with Crippen molar-refractivity contribution >= 4 is 27.6 Å². The van der Waals surface area contributed by atoms with Gasteiger partial charge in [-0.25, -0.2) is 4.79 Å². The predicted molar refractivity (Wildman–Crippen MR) is 63.7 cm³/mol. The van der Waals surface area contributed by atoms with Crippen LogP contribution in [0.25, 0.3) is 0 Å². The molecule has 0 fully saturated rings. The van der Waals surface area contributed by atoms with Crippen LogP contribution in [0, 0.1) is 6.92 Å². The van der Waals surface area contributed by atoms with Gasteiger partial charge in [0, 0.05) is 16.7 Å². The molecule has 0 saturated heterocycles. The summed E-state index contributed by atoms with van der Waals surface area (Å²) < 4.78 is 5.41. The van der Waals surface area contributed by atoms with E-state index in [4.69, 9.17) is 0 Å². The third-order valence-corrected chi connectivity index (χ3v) is 2.47. The Labute approximate surface area is 97.3 Å². The Bertz CT molecular complexity index is 388. The van der Waals surface area contributed by atoms with Crippen molar-refractivity contribution in [2.45, 2.75) is 6.92 Å². The standard InChI is InChI=1S/C11H12BrNO2/c1-8-3-4-9(12)10(7-8)13-6-5-11(14)15-2/h3-7,13H,1-2H3/b6-5+. The molecule has 4 heteroatoms. The molecule has 0 radical (unpaired) electrons. The Balaban J connectivity index is 2.68. The zero-order valence-electron chi connectivity index (χ0n) is 8.58. The first-order chi connectivity index (χ1) is 7.13. The molecule has 1 N–H and O–H groups in total. The lowest BCUT2D eigenvalue weighted by Crippen LogP contribution is -1.96. The minimum Gasteiger partial charge on any atom is -0.466 e. The second kappa shape index (κ2) is 5.56. The van der Waals surface area contributed by atoms with E-state index in [2.05, 4.69) is 26.0 Å². The first kappa shape index (κ1) is 11.8. The van der Waals surface area contributed by atoms with Gasteiger partial charge in [-0.05, 0) is 40.5 Å². The lowest BCUT2D eigenvalue weighted by Gasteiger charge is -2.04. The Morgan fingerprint density at radius 3 is 2.93 bits per heavy atom. The number of halogens is 1. The quantitative estimate of drug-likeness (QED) is 0.678. The average Bonchev–Trinajstić information content (AvgIpc) is 2.23. The number of aryl methyl sites for hydroxylation is 1. The summed E-state index contributed by atoms with van der Waals surface area (Å²) in [6, 6.07) is 5.93. The summed E-state index contributed by atoms with van der Waals surface area (Å²) >= 11 is 3.40. The highest BCUT2D eigenvalue weighted by Gasteiger charge is 1.97. The molecule has 1 aromatic carbocycles. The van der Waals surface area contributed by atoms with E-state index in [1.54, 1.807) is 6.20 Å². The first-order valence-corrected chi connectivity index (χ1v) is 5.20. The third-order valence-electron chi connectivity index (χ3n) is 1.78. The molecule has 0 atom stereocenters. The number of ether oxygens (including phenoxy) is 1. The first-order valence-electron chi connectivity index (χ1n) is 4.40. The van der Waals surface area contributed by atoms with E-state index in [1.165, 1.54) is 13.2 Å². The summed E-state index contributed by atoms with van der Waals surface area (Å²) in [4.78, 5) is 10.8. The average molecular weight is 270 g/mol. The van der Waals surface area contributed by atoms with Gasteiger partial charge < -0.3 is 10.1 Å². The summed E-state index contributed by atoms with van der Waals surface area (Å²) in [5.74, 6) is -0.383.